The van der Waals surface area contributed by atoms with Crippen LogP contribution in [0.4, 0.5) is 10.5 Å². The smallest absolute Gasteiger partial charge is 0.323 e. The number of carboxylic acid groups (broad SMARTS) is 1. The Morgan fingerprint density at radius 2 is 2.00 bits per heavy atom. The number of anilines is 1. The molecule has 0 unspecified atom stereocenters. The van der Waals surface area contributed by atoms with Crippen LogP contribution in [0.5, 0.6) is 5.75 Å². The predicted molar refractivity (Wildman–Crippen MR) is 71.5 cm³/mol. The first-order valence-electron chi connectivity index (χ1n) is 6.08. The minimum atomic E-state index is -1.05. The Bertz CT molecular complexity index is 448. The number of likely N-dealkylation sites (N-methyl/N-ethyl adjacent to an activating group) is 1. The van der Waals surface area contributed by atoms with Gasteiger partial charge in [0, 0.05) is 6.54 Å². The molecule has 6 heteroatoms. The van der Waals surface area contributed by atoms with E-state index >= 15 is 0 Å². The van der Waals surface area contributed by atoms with Crippen molar-refractivity contribution in [2.24, 2.45) is 0 Å². The number of nitrogens with zero attached hydrogens (tertiary/aromatic N) is 1. The number of ether oxygens (including phenoxy) is 1. The molecule has 2 N–H and O–H groups in total. The molecule has 0 atom stereocenters. The molecule has 2 amide bonds. The minimum absolute atomic E-state index is 0.314. The van der Waals surface area contributed by atoms with Gasteiger partial charge in [-0.2, -0.15) is 0 Å². The Hall–Kier alpha value is -2.24. The zero-order valence-electron chi connectivity index (χ0n) is 11.0. The van der Waals surface area contributed by atoms with Gasteiger partial charge in [0.05, 0.1) is 12.3 Å². The molecule has 1 aromatic carbocycles. The van der Waals surface area contributed by atoms with Crippen LogP contribution in [0.25, 0.3) is 0 Å². The number of nitrogens with one attached hydrogen (secondary N) is 1. The maximum atomic E-state index is 11.9. The second-order valence-electron chi connectivity index (χ2n) is 3.77. The molecular weight excluding hydrogens is 248 g/mol. The third kappa shape index (κ3) is 4.50. The molecule has 0 aromatic heterocycles. The van der Waals surface area contributed by atoms with E-state index in [0.717, 1.165) is 0 Å². The second-order valence-corrected chi connectivity index (χ2v) is 3.77. The van der Waals surface area contributed by atoms with Gasteiger partial charge in [-0.3, -0.25) is 4.79 Å². The Balaban J connectivity index is 2.77. The summed E-state index contributed by atoms with van der Waals surface area (Å²) in [5.41, 5.74) is 0.526. The van der Waals surface area contributed by atoms with Crippen molar-refractivity contribution >= 4 is 17.7 Å². The second kappa shape index (κ2) is 7.25. The number of rotatable bonds is 6. The topological polar surface area (TPSA) is 78.9 Å². The summed E-state index contributed by atoms with van der Waals surface area (Å²) < 4.78 is 5.38. The zero-order chi connectivity index (χ0) is 14.3. The fraction of sp³-hybridized carbons (Fsp3) is 0.385. The van der Waals surface area contributed by atoms with E-state index in [-0.39, 0.29) is 6.54 Å². The van der Waals surface area contributed by atoms with Crippen LogP contribution in [0, 0.1) is 0 Å². The van der Waals surface area contributed by atoms with E-state index in [2.05, 4.69) is 5.32 Å². The van der Waals surface area contributed by atoms with Gasteiger partial charge < -0.3 is 20.1 Å². The van der Waals surface area contributed by atoms with Crippen molar-refractivity contribution in [2.75, 3.05) is 25.0 Å². The van der Waals surface area contributed by atoms with Crippen LogP contribution >= 0.6 is 0 Å². The van der Waals surface area contributed by atoms with Gasteiger partial charge >= 0.3 is 12.0 Å². The summed E-state index contributed by atoms with van der Waals surface area (Å²) >= 11 is 0. The Kier molecular flexibility index (Phi) is 5.66. The van der Waals surface area contributed by atoms with Gasteiger partial charge in [-0.15, -0.1) is 0 Å². The average Bonchev–Trinajstić information content (AvgIpc) is 2.38. The Morgan fingerprint density at radius 1 is 1.32 bits per heavy atom. The Labute approximate surface area is 112 Å². The molecule has 104 valence electrons. The number of aliphatic carboxylic acids is 1. The number of carboxylic acids is 1. The van der Waals surface area contributed by atoms with Gasteiger partial charge in [0.25, 0.3) is 0 Å². The maximum absolute atomic E-state index is 11.9. The number of benzene rings is 1. The van der Waals surface area contributed by atoms with Crippen molar-refractivity contribution < 1.29 is 19.4 Å². The lowest BCUT2D eigenvalue weighted by molar-refractivity contribution is -0.137. The van der Waals surface area contributed by atoms with E-state index in [1.807, 2.05) is 6.92 Å². The largest absolute Gasteiger partial charge is 0.492 e. The van der Waals surface area contributed by atoms with E-state index in [1.165, 1.54) is 4.90 Å². The molecule has 0 heterocycles. The molecule has 1 rings (SSSR count). The van der Waals surface area contributed by atoms with E-state index in [4.69, 9.17) is 9.84 Å². The summed E-state index contributed by atoms with van der Waals surface area (Å²) in [6, 6.07) is 6.56. The number of hydrogen-bond donors (Lipinski definition) is 2. The van der Waals surface area contributed by atoms with Gasteiger partial charge in [-0.1, -0.05) is 12.1 Å². The predicted octanol–water partition coefficient (Wildman–Crippen LogP) is 2.02. The van der Waals surface area contributed by atoms with Crippen molar-refractivity contribution in [3.63, 3.8) is 0 Å². The lowest BCUT2D eigenvalue weighted by Crippen LogP contribution is -2.38. The minimum Gasteiger partial charge on any atom is -0.492 e. The summed E-state index contributed by atoms with van der Waals surface area (Å²) in [6.45, 7) is 4.03. The highest BCUT2D eigenvalue weighted by molar-refractivity contribution is 5.92. The number of carbonyl (C=O) groups is 2. The first-order chi connectivity index (χ1) is 9.08. The molecule has 1 aromatic rings. The number of para-hydroxylation sites is 2. The van der Waals surface area contributed by atoms with Crippen LogP contribution in [0.2, 0.25) is 0 Å². The number of carbonyl (C=O) groups excluding carboxylic acids is 1. The first kappa shape index (κ1) is 14.8. The zero-order valence-corrected chi connectivity index (χ0v) is 11.0. The molecule has 0 aliphatic heterocycles. The first-order valence-corrected chi connectivity index (χ1v) is 6.08. The molecule has 0 spiro atoms. The molecule has 0 bridgehead atoms. The van der Waals surface area contributed by atoms with E-state index in [1.54, 1.807) is 31.2 Å². The van der Waals surface area contributed by atoms with Gasteiger partial charge in [0.2, 0.25) is 0 Å². The van der Waals surface area contributed by atoms with Crippen LogP contribution in [0.15, 0.2) is 24.3 Å². The van der Waals surface area contributed by atoms with Crippen LogP contribution < -0.4 is 10.1 Å². The summed E-state index contributed by atoms with van der Waals surface area (Å²) in [5.74, 6) is -0.486. The summed E-state index contributed by atoms with van der Waals surface area (Å²) in [6.07, 6.45) is 0. The quantitative estimate of drug-likeness (QED) is 0.825. The summed E-state index contributed by atoms with van der Waals surface area (Å²) in [7, 11) is 0. The molecule has 19 heavy (non-hydrogen) atoms. The molecule has 0 fully saturated rings. The van der Waals surface area contributed by atoms with Crippen LogP contribution in [-0.4, -0.2) is 41.7 Å². The van der Waals surface area contributed by atoms with Crippen molar-refractivity contribution in [2.45, 2.75) is 13.8 Å². The van der Waals surface area contributed by atoms with Crippen LogP contribution in [0.3, 0.4) is 0 Å². The molecule has 0 aliphatic carbocycles. The standard InChI is InChI=1S/C13H18N2O4/c1-3-15(9-12(16)17)13(18)14-10-7-5-6-8-11(10)19-4-2/h5-8H,3-4,9H2,1-2H3,(H,14,18)(H,16,17). The third-order valence-corrected chi connectivity index (χ3v) is 2.42. The fourth-order valence-electron chi connectivity index (χ4n) is 1.54. The van der Waals surface area contributed by atoms with Crippen molar-refractivity contribution in [1.82, 2.24) is 4.90 Å². The van der Waals surface area contributed by atoms with Gasteiger partial charge in [0.15, 0.2) is 0 Å². The van der Waals surface area contributed by atoms with Crippen molar-refractivity contribution in [1.29, 1.82) is 0 Å². The van der Waals surface area contributed by atoms with E-state index < -0.39 is 12.0 Å². The van der Waals surface area contributed by atoms with E-state index in [9.17, 15) is 9.59 Å². The lowest BCUT2D eigenvalue weighted by atomic mass is 10.3. The fourth-order valence-corrected chi connectivity index (χ4v) is 1.54. The Morgan fingerprint density at radius 3 is 2.58 bits per heavy atom. The average molecular weight is 266 g/mol. The van der Waals surface area contributed by atoms with Gasteiger partial charge in [-0.25, -0.2) is 4.79 Å². The molecular formula is C13H18N2O4. The number of urea groups is 1. The molecule has 0 saturated carbocycles. The van der Waals surface area contributed by atoms with Crippen molar-refractivity contribution in [3.05, 3.63) is 24.3 Å². The van der Waals surface area contributed by atoms with Crippen LogP contribution in [0.1, 0.15) is 13.8 Å². The monoisotopic (exact) mass is 266 g/mol. The molecule has 0 radical (unpaired) electrons. The number of hydrogen-bond acceptors (Lipinski definition) is 3. The maximum Gasteiger partial charge on any atom is 0.323 e. The lowest BCUT2D eigenvalue weighted by Gasteiger charge is -2.20. The highest BCUT2D eigenvalue weighted by Crippen LogP contribution is 2.23. The third-order valence-electron chi connectivity index (χ3n) is 2.42. The highest BCUT2D eigenvalue weighted by Gasteiger charge is 2.16. The van der Waals surface area contributed by atoms with E-state index in [0.29, 0.717) is 24.6 Å². The van der Waals surface area contributed by atoms with Gasteiger partial charge in [0.1, 0.15) is 12.3 Å². The van der Waals surface area contributed by atoms with Crippen LogP contribution in [-0.2, 0) is 4.79 Å². The summed E-state index contributed by atoms with van der Waals surface area (Å²) in [4.78, 5) is 23.8. The number of amides is 2. The highest BCUT2D eigenvalue weighted by atomic mass is 16.5. The molecule has 0 saturated heterocycles. The van der Waals surface area contributed by atoms with Crippen molar-refractivity contribution in [3.8, 4) is 5.75 Å². The summed E-state index contributed by atoms with van der Waals surface area (Å²) in [5, 5.41) is 11.4. The molecule has 0 aliphatic rings. The normalized spacial score (nSPS) is 9.79. The van der Waals surface area contributed by atoms with Gasteiger partial charge in [-0.05, 0) is 26.0 Å². The SMILES string of the molecule is CCOc1ccccc1NC(=O)N(CC)CC(=O)O. The molecule has 6 nitrogen and oxygen atoms in total.